The lowest BCUT2D eigenvalue weighted by Gasteiger charge is -2.12. The van der Waals surface area contributed by atoms with Crippen LogP contribution in [0.2, 0.25) is 0 Å². The molecular formula is C18H15NO4S. The minimum Gasteiger partial charge on any atom is -0.497 e. The number of thioether (sulfide) groups is 1. The van der Waals surface area contributed by atoms with Gasteiger partial charge >= 0.3 is 0 Å². The Labute approximate surface area is 143 Å². The molecule has 0 N–H and O–H groups in total. The summed E-state index contributed by atoms with van der Waals surface area (Å²) in [6.45, 7) is 0. The SMILES string of the molecule is COc1ccc(N2C(=O)S/C(=C\c3ccccc3OC)C2=O)cc1. The maximum atomic E-state index is 12.6. The molecule has 2 aromatic carbocycles. The Hall–Kier alpha value is -2.73. The van der Waals surface area contributed by atoms with E-state index in [4.69, 9.17) is 9.47 Å². The number of anilines is 1. The summed E-state index contributed by atoms with van der Waals surface area (Å²) in [7, 11) is 3.13. The molecule has 0 radical (unpaired) electrons. The van der Waals surface area contributed by atoms with E-state index in [0.29, 0.717) is 22.1 Å². The fourth-order valence-corrected chi connectivity index (χ4v) is 3.18. The number of ether oxygens (including phenoxy) is 2. The average molecular weight is 341 g/mol. The molecule has 0 spiro atoms. The second-order valence-electron chi connectivity index (χ2n) is 4.96. The van der Waals surface area contributed by atoms with Gasteiger partial charge in [0.25, 0.3) is 11.1 Å². The molecule has 2 amide bonds. The zero-order chi connectivity index (χ0) is 17.1. The molecule has 24 heavy (non-hydrogen) atoms. The van der Waals surface area contributed by atoms with Gasteiger partial charge in [0.1, 0.15) is 11.5 Å². The normalized spacial score (nSPS) is 15.9. The van der Waals surface area contributed by atoms with Crippen LogP contribution < -0.4 is 14.4 Å². The first-order chi connectivity index (χ1) is 11.6. The van der Waals surface area contributed by atoms with Gasteiger partial charge in [0.15, 0.2) is 0 Å². The van der Waals surface area contributed by atoms with Crippen LogP contribution in [0.3, 0.4) is 0 Å². The Morgan fingerprint density at radius 1 is 0.958 bits per heavy atom. The van der Waals surface area contributed by atoms with Gasteiger partial charge in [-0.05, 0) is 48.2 Å². The molecule has 3 rings (SSSR count). The Bertz CT molecular complexity index is 814. The van der Waals surface area contributed by atoms with Gasteiger partial charge < -0.3 is 9.47 Å². The van der Waals surface area contributed by atoms with Gasteiger partial charge in [0.2, 0.25) is 0 Å². The van der Waals surface area contributed by atoms with E-state index in [1.54, 1.807) is 50.6 Å². The molecule has 5 nitrogen and oxygen atoms in total. The number of para-hydroxylation sites is 1. The van der Waals surface area contributed by atoms with Crippen molar-refractivity contribution < 1.29 is 19.1 Å². The fourth-order valence-electron chi connectivity index (χ4n) is 2.35. The third-order valence-electron chi connectivity index (χ3n) is 3.55. The highest BCUT2D eigenvalue weighted by Gasteiger charge is 2.36. The van der Waals surface area contributed by atoms with E-state index in [1.807, 2.05) is 18.2 Å². The molecule has 1 aliphatic heterocycles. The summed E-state index contributed by atoms with van der Waals surface area (Å²) in [5.41, 5.74) is 1.27. The highest BCUT2D eigenvalue weighted by atomic mass is 32.2. The highest BCUT2D eigenvalue weighted by Crippen LogP contribution is 2.37. The summed E-state index contributed by atoms with van der Waals surface area (Å²) >= 11 is 0.912. The Balaban J connectivity index is 1.92. The van der Waals surface area contributed by atoms with Crippen molar-refractivity contribution in [1.29, 1.82) is 0 Å². The summed E-state index contributed by atoms with van der Waals surface area (Å²) < 4.78 is 10.4. The van der Waals surface area contributed by atoms with E-state index in [-0.39, 0.29) is 11.1 Å². The lowest BCUT2D eigenvalue weighted by molar-refractivity contribution is -0.113. The second-order valence-corrected chi connectivity index (χ2v) is 5.95. The van der Waals surface area contributed by atoms with Crippen molar-refractivity contribution in [1.82, 2.24) is 0 Å². The fraction of sp³-hybridized carbons (Fsp3) is 0.111. The highest BCUT2D eigenvalue weighted by molar-refractivity contribution is 8.19. The van der Waals surface area contributed by atoms with E-state index in [9.17, 15) is 9.59 Å². The van der Waals surface area contributed by atoms with Gasteiger partial charge in [-0.25, -0.2) is 4.90 Å². The number of rotatable bonds is 4. The topological polar surface area (TPSA) is 55.8 Å². The van der Waals surface area contributed by atoms with Crippen LogP contribution in [0.15, 0.2) is 53.4 Å². The van der Waals surface area contributed by atoms with Crippen LogP contribution in [0.5, 0.6) is 11.5 Å². The van der Waals surface area contributed by atoms with Crippen LogP contribution in [0.4, 0.5) is 10.5 Å². The molecule has 1 fully saturated rings. The molecular weight excluding hydrogens is 326 g/mol. The van der Waals surface area contributed by atoms with Crippen molar-refractivity contribution in [2.75, 3.05) is 19.1 Å². The number of amides is 2. The minimum absolute atomic E-state index is 0.327. The number of carbonyl (C=O) groups is 2. The van der Waals surface area contributed by atoms with Crippen LogP contribution in [0.25, 0.3) is 6.08 Å². The smallest absolute Gasteiger partial charge is 0.298 e. The summed E-state index contributed by atoms with van der Waals surface area (Å²) in [6, 6.07) is 14.1. The standard InChI is InChI=1S/C18H15NO4S/c1-22-14-9-7-13(8-10-14)19-17(20)16(24-18(19)21)11-12-5-3-4-6-15(12)23-2/h3-11H,1-2H3/b16-11-. The number of imide groups is 1. The van der Waals surface area contributed by atoms with Crippen LogP contribution in [0, 0.1) is 0 Å². The monoisotopic (exact) mass is 341 g/mol. The van der Waals surface area contributed by atoms with Crippen molar-refractivity contribution in [3.05, 3.63) is 59.0 Å². The Kier molecular flexibility index (Phi) is 4.57. The largest absolute Gasteiger partial charge is 0.497 e. The van der Waals surface area contributed by atoms with E-state index in [0.717, 1.165) is 22.2 Å². The summed E-state index contributed by atoms with van der Waals surface area (Å²) in [4.78, 5) is 26.4. The van der Waals surface area contributed by atoms with Gasteiger partial charge in [-0.1, -0.05) is 18.2 Å². The molecule has 0 saturated carbocycles. The van der Waals surface area contributed by atoms with Crippen LogP contribution >= 0.6 is 11.8 Å². The molecule has 2 aromatic rings. The minimum atomic E-state index is -0.346. The quantitative estimate of drug-likeness (QED) is 0.788. The van der Waals surface area contributed by atoms with Gasteiger partial charge in [0, 0.05) is 5.56 Å². The summed E-state index contributed by atoms with van der Waals surface area (Å²) in [5.74, 6) is 0.963. The predicted molar refractivity (Wildman–Crippen MR) is 94.4 cm³/mol. The molecule has 0 unspecified atom stereocenters. The molecule has 0 aliphatic carbocycles. The molecule has 1 aliphatic rings. The number of hydrogen-bond acceptors (Lipinski definition) is 5. The van der Waals surface area contributed by atoms with Crippen molar-refractivity contribution in [3.8, 4) is 11.5 Å². The number of nitrogens with zero attached hydrogens (tertiary/aromatic N) is 1. The van der Waals surface area contributed by atoms with Gasteiger partial charge in [-0.15, -0.1) is 0 Å². The first kappa shape index (κ1) is 16.1. The molecule has 6 heteroatoms. The number of carbonyl (C=O) groups excluding carboxylic acids is 2. The van der Waals surface area contributed by atoms with Gasteiger partial charge in [-0.2, -0.15) is 0 Å². The first-order valence-electron chi connectivity index (χ1n) is 7.19. The van der Waals surface area contributed by atoms with E-state index >= 15 is 0 Å². The van der Waals surface area contributed by atoms with Crippen LogP contribution in [0.1, 0.15) is 5.56 Å². The third-order valence-corrected chi connectivity index (χ3v) is 4.42. The van der Waals surface area contributed by atoms with Crippen LogP contribution in [-0.2, 0) is 4.79 Å². The molecule has 1 saturated heterocycles. The summed E-state index contributed by atoms with van der Waals surface area (Å²) in [6.07, 6.45) is 1.67. The predicted octanol–water partition coefficient (Wildman–Crippen LogP) is 3.94. The second kappa shape index (κ2) is 6.80. The number of hydrogen-bond donors (Lipinski definition) is 0. The number of methoxy groups -OCH3 is 2. The summed E-state index contributed by atoms with van der Waals surface area (Å²) in [5, 5.41) is -0.327. The zero-order valence-electron chi connectivity index (χ0n) is 13.2. The van der Waals surface area contributed by atoms with Crippen molar-refractivity contribution in [2.45, 2.75) is 0 Å². The lowest BCUT2D eigenvalue weighted by atomic mass is 10.2. The Morgan fingerprint density at radius 2 is 1.67 bits per heavy atom. The van der Waals surface area contributed by atoms with Crippen molar-refractivity contribution in [2.24, 2.45) is 0 Å². The van der Waals surface area contributed by atoms with Gasteiger partial charge in [-0.3, -0.25) is 9.59 Å². The molecule has 122 valence electrons. The lowest BCUT2D eigenvalue weighted by Crippen LogP contribution is -2.27. The average Bonchev–Trinajstić information content (AvgIpc) is 2.89. The van der Waals surface area contributed by atoms with E-state index in [2.05, 4.69) is 0 Å². The molecule has 0 atom stereocenters. The van der Waals surface area contributed by atoms with Crippen LogP contribution in [-0.4, -0.2) is 25.4 Å². The zero-order valence-corrected chi connectivity index (χ0v) is 14.0. The van der Waals surface area contributed by atoms with Crippen molar-refractivity contribution >= 4 is 34.7 Å². The Morgan fingerprint density at radius 3 is 2.33 bits per heavy atom. The van der Waals surface area contributed by atoms with E-state index in [1.165, 1.54) is 0 Å². The third kappa shape index (κ3) is 3.00. The maximum Gasteiger partial charge on any atom is 0.298 e. The van der Waals surface area contributed by atoms with E-state index < -0.39 is 0 Å². The molecule has 0 aromatic heterocycles. The number of benzene rings is 2. The van der Waals surface area contributed by atoms with Gasteiger partial charge in [0.05, 0.1) is 24.8 Å². The maximum absolute atomic E-state index is 12.6. The molecule has 0 bridgehead atoms. The van der Waals surface area contributed by atoms with Crippen molar-refractivity contribution in [3.63, 3.8) is 0 Å². The first-order valence-corrected chi connectivity index (χ1v) is 8.00. The molecule has 1 heterocycles.